The van der Waals surface area contributed by atoms with Gasteiger partial charge in [0.15, 0.2) is 11.7 Å². The lowest BCUT2D eigenvalue weighted by Gasteiger charge is -2.25. The number of nitrogens with two attached hydrogens (primary N) is 2. The Morgan fingerprint density at radius 2 is 1.85 bits per heavy atom. The molecule has 2 bridgehead atoms. The van der Waals surface area contributed by atoms with Crippen LogP contribution in [0, 0.1) is 11.8 Å². The molecular formula is C27H43N6O5P3. The zero-order valence-corrected chi connectivity index (χ0v) is 26.9. The van der Waals surface area contributed by atoms with Crippen molar-refractivity contribution >= 4 is 54.6 Å². The lowest BCUT2D eigenvalue weighted by molar-refractivity contribution is -0.134. The molecule has 11 nitrogen and oxygen atoms in total. The average molecular weight is 625 g/mol. The average Bonchev–Trinajstić information content (AvgIpc) is 2.91. The Labute approximate surface area is 247 Å². The van der Waals surface area contributed by atoms with Crippen LogP contribution >= 0.6 is 25.2 Å². The number of carbonyl (C=O) groups is 4. The second-order valence-corrected chi connectivity index (χ2v) is 16.9. The number of hydrogen-bond donors (Lipinski definition) is 5. The van der Waals surface area contributed by atoms with Crippen LogP contribution < -0.4 is 32.2 Å². The summed E-state index contributed by atoms with van der Waals surface area (Å²) in [6.45, 7) is 4.66. The van der Waals surface area contributed by atoms with Crippen LogP contribution in [0.25, 0.3) is 0 Å². The number of aliphatic imine (C=N–C) groups is 1. The van der Waals surface area contributed by atoms with Gasteiger partial charge in [0.25, 0.3) is 0 Å². The molecule has 3 amide bonds. The van der Waals surface area contributed by atoms with E-state index >= 15 is 0 Å². The summed E-state index contributed by atoms with van der Waals surface area (Å²) in [5, 5.41) is 8.56. The molecule has 1 aromatic carbocycles. The van der Waals surface area contributed by atoms with Crippen molar-refractivity contribution in [1.29, 1.82) is 0 Å². The number of fused-ring (bicyclic) bond motifs is 16. The van der Waals surface area contributed by atoms with E-state index in [0.29, 0.717) is 38.2 Å². The number of ketones is 1. The molecule has 0 aromatic heterocycles. The van der Waals surface area contributed by atoms with Gasteiger partial charge in [-0.15, -0.1) is 17.9 Å². The lowest BCUT2D eigenvalue weighted by atomic mass is 9.95. The molecule has 0 saturated carbocycles. The fourth-order valence-corrected chi connectivity index (χ4v) is 6.34. The van der Waals surface area contributed by atoms with E-state index < -0.39 is 24.9 Å². The van der Waals surface area contributed by atoms with Crippen LogP contribution in [-0.2, 0) is 25.6 Å². The van der Waals surface area contributed by atoms with Crippen molar-refractivity contribution < 1.29 is 23.9 Å². The van der Waals surface area contributed by atoms with Gasteiger partial charge in [0.1, 0.15) is 18.1 Å². The molecule has 41 heavy (non-hydrogen) atoms. The number of nitrogens with zero attached hydrogens (tertiary/aromatic N) is 1. The van der Waals surface area contributed by atoms with Crippen molar-refractivity contribution in [3.05, 3.63) is 42.0 Å². The largest absolute Gasteiger partial charge is 0.490 e. The summed E-state index contributed by atoms with van der Waals surface area (Å²) >= 11 is 0. The summed E-state index contributed by atoms with van der Waals surface area (Å²) in [6.07, 6.45) is 4.96. The molecule has 226 valence electrons. The molecule has 3 rings (SSSR count). The smallest absolute Gasteiger partial charge is 0.224 e. The van der Waals surface area contributed by atoms with Gasteiger partial charge in [-0.05, 0) is 57.3 Å². The van der Waals surface area contributed by atoms with Gasteiger partial charge < -0.3 is 32.2 Å². The Kier molecular flexibility index (Phi) is 15.2. The number of Topliss-reactive ketones (excluding diaryl/α,β-unsaturated/α-hetero) is 1. The highest BCUT2D eigenvalue weighted by Gasteiger charge is 2.32. The van der Waals surface area contributed by atoms with Crippen LogP contribution in [0.1, 0.15) is 45.1 Å². The number of amides is 3. The van der Waals surface area contributed by atoms with Gasteiger partial charge in [-0.25, -0.2) is 0 Å². The van der Waals surface area contributed by atoms with Crippen molar-refractivity contribution in [3.63, 3.8) is 0 Å². The summed E-state index contributed by atoms with van der Waals surface area (Å²) in [4.78, 5) is 56.5. The normalized spacial score (nSPS) is 22.6. The van der Waals surface area contributed by atoms with E-state index in [-0.39, 0.29) is 54.9 Å². The Morgan fingerprint density at radius 1 is 1.15 bits per heavy atom. The van der Waals surface area contributed by atoms with Crippen LogP contribution in [0.2, 0.25) is 0 Å². The van der Waals surface area contributed by atoms with E-state index in [1.807, 2.05) is 31.2 Å². The van der Waals surface area contributed by atoms with Gasteiger partial charge in [0.2, 0.25) is 17.7 Å². The van der Waals surface area contributed by atoms with Gasteiger partial charge in [0, 0.05) is 37.9 Å². The highest BCUT2D eigenvalue weighted by atomic mass is 32.4. The third-order valence-corrected chi connectivity index (χ3v) is 9.26. The molecule has 0 aliphatic carbocycles. The van der Waals surface area contributed by atoms with Crippen molar-refractivity contribution in [1.82, 2.24) is 16.0 Å². The summed E-state index contributed by atoms with van der Waals surface area (Å²) in [6, 6.07) is 7.30. The minimum atomic E-state index is -1.07. The number of carbonyl (C=O) groups excluding carboxylic acids is 4. The summed E-state index contributed by atoms with van der Waals surface area (Å²) in [5.41, 5.74) is 11.7. The van der Waals surface area contributed by atoms with E-state index in [4.69, 9.17) is 16.2 Å². The fourth-order valence-electron chi connectivity index (χ4n) is 4.18. The molecule has 2 aliphatic rings. The fraction of sp³-hybridized carbons (Fsp3) is 0.519. The molecule has 7 N–H and O–H groups in total. The first-order valence-electron chi connectivity index (χ1n) is 13.6. The Bertz CT molecular complexity index is 1100. The molecule has 0 fully saturated rings. The second kappa shape index (κ2) is 18.0. The maximum atomic E-state index is 13.5. The third kappa shape index (κ3) is 13.3. The van der Waals surface area contributed by atoms with E-state index in [2.05, 4.69) is 38.8 Å². The highest BCUT2D eigenvalue weighted by Crippen LogP contribution is 2.56. The molecular weight excluding hydrogens is 581 g/mol. The molecule has 2 aliphatic heterocycles. The molecule has 0 radical (unpaired) electrons. The van der Waals surface area contributed by atoms with E-state index in [1.54, 1.807) is 19.1 Å². The topological polar surface area (TPSA) is 178 Å². The summed E-state index contributed by atoms with van der Waals surface area (Å²) in [7, 11) is 4.09. The first-order valence-corrected chi connectivity index (χ1v) is 18.2. The Morgan fingerprint density at radius 3 is 2.51 bits per heavy atom. The van der Waals surface area contributed by atoms with Crippen LogP contribution in [-0.4, -0.2) is 61.0 Å². The quantitative estimate of drug-likeness (QED) is 0.101. The van der Waals surface area contributed by atoms with Gasteiger partial charge >= 0.3 is 0 Å². The predicted molar refractivity (Wildman–Crippen MR) is 170 cm³/mol. The summed E-state index contributed by atoms with van der Waals surface area (Å²) < 4.78 is 5.71. The minimum Gasteiger partial charge on any atom is -0.490 e. The van der Waals surface area contributed by atoms with Gasteiger partial charge in [-0.2, -0.15) is 0 Å². The number of guanidine groups is 1. The molecule has 14 heteroatoms. The number of hydrogen-bond acceptors (Lipinski definition) is 6. The van der Waals surface area contributed by atoms with Crippen molar-refractivity contribution in [3.8, 4) is 5.75 Å². The molecule has 0 saturated heterocycles. The highest BCUT2D eigenvalue weighted by molar-refractivity contribution is 8.43. The molecule has 0 spiro atoms. The van der Waals surface area contributed by atoms with Gasteiger partial charge in [0.05, 0.1) is 5.92 Å². The maximum Gasteiger partial charge on any atom is 0.224 e. The Balaban J connectivity index is 2.20. The number of ether oxygens (including phenoxy) is 1. The number of benzene rings is 1. The molecule has 1 aromatic rings. The summed E-state index contributed by atoms with van der Waals surface area (Å²) in [5.74, 6) is -2.70. The maximum absolute atomic E-state index is 13.5. The van der Waals surface area contributed by atoms with Crippen LogP contribution in [0.4, 0.5) is 0 Å². The Hall–Kier alpha value is -2.60. The van der Waals surface area contributed by atoms with Crippen LogP contribution in [0.3, 0.4) is 0 Å². The van der Waals surface area contributed by atoms with E-state index in [0.717, 1.165) is 5.56 Å². The van der Waals surface area contributed by atoms with Crippen LogP contribution in [0.5, 0.6) is 5.75 Å². The SMILES string of the molecule is CC(CCCN=C(N)N)NC(=O)C1CC(=O)NC/C=C/COc2ccc(cc2)CC(C)C(=O)NC(P(P)P)C(=O)C1. The predicted octanol–water partition coefficient (Wildman–Crippen LogP) is 1.96. The monoisotopic (exact) mass is 624 g/mol. The zero-order chi connectivity index (χ0) is 30.4. The van der Waals surface area contributed by atoms with Crippen LogP contribution in [0.15, 0.2) is 41.4 Å². The first-order chi connectivity index (χ1) is 19.5. The van der Waals surface area contributed by atoms with Crippen molar-refractivity contribution in [2.45, 2.75) is 57.8 Å². The van der Waals surface area contributed by atoms with Crippen molar-refractivity contribution in [2.24, 2.45) is 28.3 Å². The van der Waals surface area contributed by atoms with Gasteiger partial charge in [-0.3, -0.25) is 24.2 Å². The molecule has 6 atom stereocenters. The zero-order valence-electron chi connectivity index (χ0n) is 23.7. The first kappa shape index (κ1) is 34.6. The van der Waals surface area contributed by atoms with E-state index in [9.17, 15) is 19.2 Å². The standard InChI is InChI=1S/C27H43N6O5P3/c1-17-14-19-7-9-21(10-8-19)38-13-4-3-11-30-23(35)16-20(15-22(34)26(41(39)40)33-24(17)36)25(37)32-18(2)6-5-12-31-27(28)29/h3-4,7-10,17-18,20,26H,5-6,11-16,39-40H2,1-2H3,(H,30,35)(H,32,37)(H,33,36)(H4,28,29,31)/b4-3+. The molecule has 6 unspecified atom stereocenters. The number of rotatable bonds is 7. The van der Waals surface area contributed by atoms with E-state index in [1.165, 1.54) is 0 Å². The van der Waals surface area contributed by atoms with Gasteiger partial charge in [-0.1, -0.05) is 25.1 Å². The second-order valence-electron chi connectivity index (χ2n) is 10.1. The molecule has 2 heterocycles. The lowest BCUT2D eigenvalue weighted by Crippen LogP contribution is -2.44. The minimum absolute atomic E-state index is 0.00888. The van der Waals surface area contributed by atoms with Crippen molar-refractivity contribution in [2.75, 3.05) is 19.7 Å². The number of nitrogens with one attached hydrogen (secondary N) is 3. The third-order valence-electron chi connectivity index (χ3n) is 6.45.